The SMILES string of the molecule is CCCCCc1ccc(C#Cc2ccc(C#Cc3ccc(F)cc3)c(CC)c2)cc1. The summed E-state index contributed by atoms with van der Waals surface area (Å²) in [6.45, 7) is 4.35. The molecule has 0 aliphatic heterocycles. The van der Waals surface area contributed by atoms with E-state index in [0.29, 0.717) is 0 Å². The second-order valence-electron chi connectivity index (χ2n) is 7.39. The van der Waals surface area contributed by atoms with E-state index in [4.69, 9.17) is 0 Å². The Morgan fingerprint density at radius 2 is 1.27 bits per heavy atom. The van der Waals surface area contributed by atoms with Crippen LogP contribution in [0.2, 0.25) is 0 Å². The third kappa shape index (κ3) is 6.37. The second kappa shape index (κ2) is 11.0. The van der Waals surface area contributed by atoms with Gasteiger partial charge in [-0.3, -0.25) is 0 Å². The van der Waals surface area contributed by atoms with Crippen molar-refractivity contribution in [2.24, 2.45) is 0 Å². The zero-order chi connectivity index (χ0) is 21.2. The van der Waals surface area contributed by atoms with Gasteiger partial charge in [-0.1, -0.05) is 62.5 Å². The van der Waals surface area contributed by atoms with Crippen LogP contribution in [0.4, 0.5) is 4.39 Å². The van der Waals surface area contributed by atoms with Crippen LogP contribution in [0.15, 0.2) is 66.7 Å². The van der Waals surface area contributed by atoms with Crippen molar-refractivity contribution in [1.29, 1.82) is 0 Å². The van der Waals surface area contributed by atoms with Gasteiger partial charge in [0.15, 0.2) is 0 Å². The Kier molecular flexibility index (Phi) is 7.88. The summed E-state index contributed by atoms with van der Waals surface area (Å²) < 4.78 is 13.0. The molecule has 0 bridgehead atoms. The molecule has 0 aliphatic rings. The first-order valence-electron chi connectivity index (χ1n) is 10.7. The van der Waals surface area contributed by atoms with Crippen LogP contribution in [-0.4, -0.2) is 0 Å². The van der Waals surface area contributed by atoms with Crippen LogP contribution >= 0.6 is 0 Å². The average Bonchev–Trinajstić information content (AvgIpc) is 2.78. The van der Waals surface area contributed by atoms with Crippen molar-refractivity contribution in [2.45, 2.75) is 46.0 Å². The summed E-state index contributed by atoms with van der Waals surface area (Å²) in [7, 11) is 0. The number of unbranched alkanes of at least 4 members (excludes halogenated alkanes) is 2. The van der Waals surface area contributed by atoms with Gasteiger partial charge in [0, 0.05) is 22.3 Å². The van der Waals surface area contributed by atoms with Crippen LogP contribution in [0.1, 0.15) is 66.5 Å². The van der Waals surface area contributed by atoms with E-state index in [1.165, 1.54) is 42.5 Å². The Labute approximate surface area is 180 Å². The Morgan fingerprint density at radius 3 is 1.93 bits per heavy atom. The maximum atomic E-state index is 13.0. The number of hydrogen-bond acceptors (Lipinski definition) is 0. The van der Waals surface area contributed by atoms with Gasteiger partial charge in [0.25, 0.3) is 0 Å². The summed E-state index contributed by atoms with van der Waals surface area (Å²) in [6.07, 6.45) is 5.81. The third-order valence-corrected chi connectivity index (χ3v) is 5.05. The lowest BCUT2D eigenvalue weighted by Crippen LogP contribution is -1.90. The van der Waals surface area contributed by atoms with Crippen molar-refractivity contribution in [3.05, 3.63) is 106 Å². The molecule has 0 aliphatic carbocycles. The molecule has 0 amide bonds. The van der Waals surface area contributed by atoms with Crippen LogP contribution in [0.25, 0.3) is 0 Å². The zero-order valence-electron chi connectivity index (χ0n) is 17.8. The summed E-state index contributed by atoms with van der Waals surface area (Å²) >= 11 is 0. The molecule has 0 atom stereocenters. The van der Waals surface area contributed by atoms with Gasteiger partial charge in [-0.05, 0) is 85.0 Å². The fourth-order valence-corrected chi connectivity index (χ4v) is 3.24. The first kappa shape index (κ1) is 21.4. The molecule has 0 N–H and O–H groups in total. The van der Waals surface area contributed by atoms with E-state index in [-0.39, 0.29) is 5.82 Å². The summed E-state index contributed by atoms with van der Waals surface area (Å²) in [5.74, 6) is 12.6. The van der Waals surface area contributed by atoms with Crippen molar-refractivity contribution in [2.75, 3.05) is 0 Å². The predicted octanol–water partition coefficient (Wildman–Crippen LogP) is 6.92. The molecule has 0 nitrogen and oxygen atoms in total. The fraction of sp³-hybridized carbons (Fsp3) is 0.241. The van der Waals surface area contributed by atoms with Gasteiger partial charge in [0.05, 0.1) is 0 Å². The van der Waals surface area contributed by atoms with Gasteiger partial charge in [-0.2, -0.15) is 0 Å². The monoisotopic (exact) mass is 394 g/mol. The highest BCUT2D eigenvalue weighted by Crippen LogP contribution is 2.13. The summed E-state index contributed by atoms with van der Waals surface area (Å²) in [4.78, 5) is 0. The van der Waals surface area contributed by atoms with E-state index < -0.39 is 0 Å². The highest BCUT2D eigenvalue weighted by atomic mass is 19.1. The van der Waals surface area contributed by atoms with Gasteiger partial charge in [0.2, 0.25) is 0 Å². The van der Waals surface area contributed by atoms with Crippen molar-refractivity contribution < 1.29 is 4.39 Å². The maximum Gasteiger partial charge on any atom is 0.123 e. The largest absolute Gasteiger partial charge is 0.207 e. The molecule has 0 saturated heterocycles. The van der Waals surface area contributed by atoms with Gasteiger partial charge in [-0.15, -0.1) is 0 Å². The molecule has 0 aromatic heterocycles. The van der Waals surface area contributed by atoms with Gasteiger partial charge >= 0.3 is 0 Å². The van der Waals surface area contributed by atoms with E-state index in [9.17, 15) is 4.39 Å². The minimum Gasteiger partial charge on any atom is -0.207 e. The van der Waals surface area contributed by atoms with Crippen LogP contribution in [0, 0.1) is 29.5 Å². The molecule has 150 valence electrons. The molecular formula is C29H27F. The van der Waals surface area contributed by atoms with E-state index in [1.54, 1.807) is 12.1 Å². The average molecular weight is 395 g/mol. The molecule has 3 rings (SSSR count). The summed E-state index contributed by atoms with van der Waals surface area (Å²) in [6, 6.07) is 21.0. The van der Waals surface area contributed by atoms with Crippen LogP contribution in [0.3, 0.4) is 0 Å². The smallest absolute Gasteiger partial charge is 0.123 e. The molecule has 3 aromatic rings. The van der Waals surface area contributed by atoms with Crippen molar-refractivity contribution in [1.82, 2.24) is 0 Å². The van der Waals surface area contributed by atoms with Gasteiger partial charge < -0.3 is 0 Å². The Hall–Kier alpha value is -3.29. The summed E-state index contributed by atoms with van der Waals surface area (Å²) in [5, 5.41) is 0. The number of rotatable bonds is 5. The van der Waals surface area contributed by atoms with Crippen molar-refractivity contribution in [3.8, 4) is 23.7 Å². The molecule has 0 heterocycles. The second-order valence-corrected chi connectivity index (χ2v) is 7.39. The molecule has 0 radical (unpaired) electrons. The molecule has 0 saturated carbocycles. The number of halogens is 1. The number of benzene rings is 3. The van der Waals surface area contributed by atoms with E-state index in [0.717, 1.165) is 35.1 Å². The van der Waals surface area contributed by atoms with E-state index in [1.807, 2.05) is 12.1 Å². The molecule has 3 aromatic carbocycles. The molecular weight excluding hydrogens is 367 g/mol. The van der Waals surface area contributed by atoms with Crippen LogP contribution in [0.5, 0.6) is 0 Å². The predicted molar refractivity (Wildman–Crippen MR) is 124 cm³/mol. The number of hydrogen-bond donors (Lipinski definition) is 0. The first-order chi connectivity index (χ1) is 14.7. The first-order valence-corrected chi connectivity index (χ1v) is 10.7. The van der Waals surface area contributed by atoms with Crippen LogP contribution < -0.4 is 0 Å². The van der Waals surface area contributed by atoms with Crippen LogP contribution in [-0.2, 0) is 12.8 Å². The Bertz CT molecular complexity index is 1080. The normalized spacial score (nSPS) is 9.97. The quantitative estimate of drug-likeness (QED) is 0.325. The standard InChI is InChI=1S/C29H27F/c1-3-5-6-7-23-8-10-24(11-9-23)12-13-26-15-19-28(27(4-2)22-26)18-14-25-16-20-29(30)21-17-25/h8-11,15-17,19-22H,3-7H2,1-2H3. The lowest BCUT2D eigenvalue weighted by atomic mass is 10.0. The van der Waals surface area contributed by atoms with Crippen molar-refractivity contribution in [3.63, 3.8) is 0 Å². The van der Waals surface area contributed by atoms with Gasteiger partial charge in [0.1, 0.15) is 5.82 Å². The molecule has 0 spiro atoms. The summed E-state index contributed by atoms with van der Waals surface area (Å²) in [5.41, 5.74) is 6.37. The molecule has 0 fully saturated rings. The highest BCUT2D eigenvalue weighted by molar-refractivity contribution is 5.51. The lowest BCUT2D eigenvalue weighted by Gasteiger charge is -2.02. The van der Waals surface area contributed by atoms with Crippen molar-refractivity contribution >= 4 is 0 Å². The van der Waals surface area contributed by atoms with E-state index in [2.05, 4.69) is 67.9 Å². The zero-order valence-corrected chi connectivity index (χ0v) is 17.8. The van der Waals surface area contributed by atoms with E-state index >= 15 is 0 Å². The lowest BCUT2D eigenvalue weighted by molar-refractivity contribution is 0.627. The highest BCUT2D eigenvalue weighted by Gasteiger charge is 2.00. The minimum atomic E-state index is -0.246. The molecule has 0 unspecified atom stereocenters. The molecule has 30 heavy (non-hydrogen) atoms. The minimum absolute atomic E-state index is 0.246. The Balaban J connectivity index is 1.72. The fourth-order valence-electron chi connectivity index (χ4n) is 3.24. The number of aryl methyl sites for hydroxylation is 2. The Morgan fingerprint density at radius 1 is 0.667 bits per heavy atom. The molecule has 1 heteroatoms. The van der Waals surface area contributed by atoms with Gasteiger partial charge in [-0.25, -0.2) is 4.39 Å². The third-order valence-electron chi connectivity index (χ3n) is 5.05. The maximum absolute atomic E-state index is 13.0. The topological polar surface area (TPSA) is 0 Å².